The van der Waals surface area contributed by atoms with E-state index in [1.807, 2.05) is 24.8 Å². The Balaban J connectivity index is 2.40. The minimum atomic E-state index is -0.251. The van der Waals surface area contributed by atoms with Crippen LogP contribution in [0.25, 0.3) is 0 Å². The van der Waals surface area contributed by atoms with E-state index in [1.54, 1.807) is 6.92 Å². The second-order valence-corrected chi connectivity index (χ2v) is 5.75. The molecule has 0 bridgehead atoms. The number of esters is 1. The summed E-state index contributed by atoms with van der Waals surface area (Å²) in [5, 5.41) is 0. The van der Waals surface area contributed by atoms with E-state index in [1.165, 1.54) is 0 Å². The lowest BCUT2D eigenvalue weighted by Crippen LogP contribution is -2.35. The monoisotopic (exact) mass is 307 g/mol. The number of carbonyl (C=O) groups excluding carboxylic acids is 1. The van der Waals surface area contributed by atoms with Crippen molar-refractivity contribution in [3.05, 3.63) is 22.9 Å². The number of anilines is 1. The number of nitrogens with two attached hydrogens (primary N) is 1. The summed E-state index contributed by atoms with van der Waals surface area (Å²) >= 11 is 5.17. The smallest absolute Gasteiger partial charge is 0.325 e. The third-order valence-corrected chi connectivity index (χ3v) is 3.64. The molecule has 2 rings (SSSR count). The molecule has 6 heteroatoms. The summed E-state index contributed by atoms with van der Waals surface area (Å²) in [4.78, 5) is 18.7. The number of rotatable bonds is 6. The average molecular weight is 307 g/mol. The van der Waals surface area contributed by atoms with E-state index in [-0.39, 0.29) is 12.5 Å². The molecule has 114 valence electrons. The molecule has 1 aromatic rings. The van der Waals surface area contributed by atoms with Crippen LogP contribution >= 0.6 is 12.2 Å². The Morgan fingerprint density at radius 2 is 2.19 bits per heavy atom. The molecule has 2 N–H and O–H groups in total. The third-order valence-electron chi connectivity index (χ3n) is 3.44. The van der Waals surface area contributed by atoms with Crippen LogP contribution in [0.4, 0.5) is 5.82 Å². The number of hydrogen-bond acceptors (Lipinski definition) is 5. The SMILES string of the molecule is CCOC(=O)CN(c1nc(C)cc(C)c1C(N)=S)C1CC1. The van der Waals surface area contributed by atoms with E-state index < -0.39 is 0 Å². The first-order chi connectivity index (χ1) is 9.93. The molecule has 1 aromatic heterocycles. The van der Waals surface area contributed by atoms with Crippen LogP contribution in [0.5, 0.6) is 0 Å². The number of aryl methyl sites for hydroxylation is 2. The number of aromatic nitrogens is 1. The van der Waals surface area contributed by atoms with Gasteiger partial charge in [-0.15, -0.1) is 0 Å². The number of nitrogens with zero attached hydrogens (tertiary/aromatic N) is 2. The number of carbonyl (C=O) groups is 1. The molecule has 5 nitrogen and oxygen atoms in total. The van der Waals surface area contributed by atoms with Crippen LogP contribution in [0.3, 0.4) is 0 Å². The lowest BCUT2D eigenvalue weighted by Gasteiger charge is -2.26. The summed E-state index contributed by atoms with van der Waals surface area (Å²) in [6.45, 7) is 6.25. The largest absolute Gasteiger partial charge is 0.465 e. The third kappa shape index (κ3) is 3.69. The van der Waals surface area contributed by atoms with E-state index in [0.29, 0.717) is 23.5 Å². The van der Waals surface area contributed by atoms with Gasteiger partial charge in [0.05, 0.1) is 12.2 Å². The van der Waals surface area contributed by atoms with Gasteiger partial charge in [0.25, 0.3) is 0 Å². The highest BCUT2D eigenvalue weighted by Crippen LogP contribution is 2.33. The second kappa shape index (κ2) is 6.39. The highest BCUT2D eigenvalue weighted by molar-refractivity contribution is 7.80. The van der Waals surface area contributed by atoms with Crippen LogP contribution in [0.1, 0.15) is 36.6 Å². The van der Waals surface area contributed by atoms with Gasteiger partial charge in [-0.1, -0.05) is 12.2 Å². The van der Waals surface area contributed by atoms with Crippen molar-refractivity contribution in [2.75, 3.05) is 18.1 Å². The molecular weight excluding hydrogens is 286 g/mol. The Morgan fingerprint density at radius 1 is 1.52 bits per heavy atom. The zero-order valence-electron chi connectivity index (χ0n) is 12.7. The van der Waals surface area contributed by atoms with Crippen LogP contribution in [0.15, 0.2) is 6.07 Å². The van der Waals surface area contributed by atoms with Gasteiger partial charge in [-0.2, -0.15) is 0 Å². The number of pyridine rings is 1. The molecule has 0 aromatic carbocycles. The maximum Gasteiger partial charge on any atom is 0.325 e. The van der Waals surface area contributed by atoms with Crippen LogP contribution in [-0.4, -0.2) is 35.1 Å². The first-order valence-corrected chi connectivity index (χ1v) is 7.55. The molecule has 0 radical (unpaired) electrons. The summed E-state index contributed by atoms with van der Waals surface area (Å²) < 4.78 is 5.06. The van der Waals surface area contributed by atoms with Gasteiger partial charge in [-0.05, 0) is 45.2 Å². The average Bonchev–Trinajstić information content (AvgIpc) is 3.18. The zero-order valence-corrected chi connectivity index (χ0v) is 13.5. The highest BCUT2D eigenvalue weighted by atomic mass is 32.1. The lowest BCUT2D eigenvalue weighted by atomic mass is 10.1. The molecule has 1 saturated carbocycles. The molecule has 0 saturated heterocycles. The number of ether oxygens (including phenoxy) is 1. The second-order valence-electron chi connectivity index (χ2n) is 5.31. The molecular formula is C15H21N3O2S. The molecule has 1 aliphatic rings. The lowest BCUT2D eigenvalue weighted by molar-refractivity contribution is -0.141. The van der Waals surface area contributed by atoms with Crippen LogP contribution in [0, 0.1) is 13.8 Å². The molecule has 1 fully saturated rings. The predicted molar refractivity (Wildman–Crippen MR) is 86.6 cm³/mol. The van der Waals surface area contributed by atoms with Gasteiger partial charge in [-0.3, -0.25) is 4.79 Å². The Bertz CT molecular complexity index is 570. The van der Waals surface area contributed by atoms with Crippen molar-refractivity contribution in [1.82, 2.24) is 4.98 Å². The Labute approximate surface area is 130 Å². The van der Waals surface area contributed by atoms with Gasteiger partial charge in [-0.25, -0.2) is 4.98 Å². The van der Waals surface area contributed by atoms with Crippen molar-refractivity contribution in [3.8, 4) is 0 Å². The van der Waals surface area contributed by atoms with Crippen LogP contribution in [0.2, 0.25) is 0 Å². The standard InChI is InChI=1S/C15H21N3O2S/c1-4-20-12(19)8-18(11-5-6-11)15-13(14(16)21)9(2)7-10(3)17-15/h7,11H,4-6,8H2,1-3H3,(H2,16,21). The van der Waals surface area contributed by atoms with Gasteiger partial charge < -0.3 is 15.4 Å². The van der Waals surface area contributed by atoms with Crippen molar-refractivity contribution >= 4 is 29.0 Å². The Hall–Kier alpha value is -1.69. The Kier molecular flexibility index (Phi) is 4.77. The van der Waals surface area contributed by atoms with Gasteiger partial charge in [0.2, 0.25) is 0 Å². The molecule has 0 amide bonds. The van der Waals surface area contributed by atoms with E-state index in [0.717, 1.165) is 29.7 Å². The highest BCUT2D eigenvalue weighted by Gasteiger charge is 2.34. The summed E-state index contributed by atoms with van der Waals surface area (Å²) in [7, 11) is 0. The molecule has 1 heterocycles. The fraction of sp³-hybridized carbons (Fsp3) is 0.533. The summed E-state index contributed by atoms with van der Waals surface area (Å²) in [5.74, 6) is 0.454. The molecule has 1 aliphatic carbocycles. The van der Waals surface area contributed by atoms with Gasteiger partial charge in [0.1, 0.15) is 17.4 Å². The number of thiocarbonyl (C=S) groups is 1. The normalized spacial score (nSPS) is 13.9. The first kappa shape index (κ1) is 15.7. The fourth-order valence-corrected chi connectivity index (χ4v) is 2.69. The summed E-state index contributed by atoms with van der Waals surface area (Å²) in [5.41, 5.74) is 8.49. The van der Waals surface area contributed by atoms with Gasteiger partial charge >= 0.3 is 5.97 Å². The molecule has 0 unspecified atom stereocenters. The molecule has 0 aliphatic heterocycles. The van der Waals surface area contributed by atoms with E-state index in [2.05, 4.69) is 4.98 Å². The van der Waals surface area contributed by atoms with Crippen molar-refractivity contribution in [2.24, 2.45) is 5.73 Å². The first-order valence-electron chi connectivity index (χ1n) is 7.14. The maximum absolute atomic E-state index is 11.9. The van der Waals surface area contributed by atoms with Crippen molar-refractivity contribution < 1.29 is 9.53 Å². The van der Waals surface area contributed by atoms with Crippen LogP contribution < -0.4 is 10.6 Å². The fourth-order valence-electron chi connectivity index (χ4n) is 2.44. The van der Waals surface area contributed by atoms with Crippen molar-refractivity contribution in [2.45, 2.75) is 39.7 Å². The van der Waals surface area contributed by atoms with Crippen molar-refractivity contribution in [3.63, 3.8) is 0 Å². The maximum atomic E-state index is 11.9. The van der Waals surface area contributed by atoms with E-state index in [4.69, 9.17) is 22.7 Å². The quantitative estimate of drug-likeness (QED) is 0.639. The molecule has 21 heavy (non-hydrogen) atoms. The minimum Gasteiger partial charge on any atom is -0.465 e. The van der Waals surface area contributed by atoms with E-state index in [9.17, 15) is 4.79 Å². The number of hydrogen-bond donors (Lipinski definition) is 1. The van der Waals surface area contributed by atoms with E-state index >= 15 is 0 Å². The summed E-state index contributed by atoms with van der Waals surface area (Å²) in [6, 6.07) is 2.27. The van der Waals surface area contributed by atoms with Crippen molar-refractivity contribution in [1.29, 1.82) is 0 Å². The molecule has 0 spiro atoms. The summed E-state index contributed by atoms with van der Waals surface area (Å²) in [6.07, 6.45) is 2.09. The minimum absolute atomic E-state index is 0.185. The van der Waals surface area contributed by atoms with Crippen LogP contribution in [-0.2, 0) is 9.53 Å². The Morgan fingerprint density at radius 3 is 2.71 bits per heavy atom. The van der Waals surface area contributed by atoms with Gasteiger partial charge in [0, 0.05) is 11.7 Å². The molecule has 0 atom stereocenters. The predicted octanol–water partition coefficient (Wildman–Crippen LogP) is 1.86. The topological polar surface area (TPSA) is 68.5 Å². The van der Waals surface area contributed by atoms with Gasteiger partial charge in [0.15, 0.2) is 0 Å². The zero-order chi connectivity index (χ0) is 15.6.